The summed E-state index contributed by atoms with van der Waals surface area (Å²) >= 11 is 5.93. The molecule has 6 heteroatoms. The predicted octanol–water partition coefficient (Wildman–Crippen LogP) is 2.88. The van der Waals surface area contributed by atoms with Gasteiger partial charge in [0.2, 0.25) is 5.91 Å². The lowest BCUT2D eigenvalue weighted by molar-refractivity contribution is -0.132. The number of aryl methyl sites for hydroxylation is 1. The zero-order chi connectivity index (χ0) is 17.3. The molecule has 1 fully saturated rings. The van der Waals surface area contributed by atoms with Crippen molar-refractivity contribution in [2.24, 2.45) is 0 Å². The molecule has 1 amide bonds. The number of pyridine rings is 1. The molecule has 0 aliphatic carbocycles. The molecule has 2 heterocycles. The second kappa shape index (κ2) is 6.69. The molecule has 2 aromatic rings. The van der Waals surface area contributed by atoms with Gasteiger partial charge in [-0.05, 0) is 43.5 Å². The van der Waals surface area contributed by atoms with Gasteiger partial charge in [0.1, 0.15) is 12.3 Å². The molecular weight excluding hydrogens is 328 g/mol. The Morgan fingerprint density at radius 2 is 2.00 bits per heavy atom. The van der Waals surface area contributed by atoms with Crippen LogP contribution in [0, 0.1) is 6.92 Å². The van der Waals surface area contributed by atoms with Crippen LogP contribution in [0.25, 0.3) is 0 Å². The summed E-state index contributed by atoms with van der Waals surface area (Å²) in [6.07, 6.45) is 1.83. The van der Waals surface area contributed by atoms with Crippen LogP contribution in [0.2, 0.25) is 5.02 Å². The summed E-state index contributed by atoms with van der Waals surface area (Å²) in [5, 5.41) is 10.1. The normalized spacial score (nSPS) is 17.2. The molecular formula is C18H19ClN2O3. The Morgan fingerprint density at radius 3 is 2.67 bits per heavy atom. The van der Waals surface area contributed by atoms with Gasteiger partial charge < -0.3 is 14.6 Å². The van der Waals surface area contributed by atoms with E-state index in [-0.39, 0.29) is 29.8 Å². The van der Waals surface area contributed by atoms with Crippen LogP contribution in [-0.2, 0) is 11.3 Å². The van der Waals surface area contributed by atoms with Crippen LogP contribution in [0.4, 0.5) is 0 Å². The van der Waals surface area contributed by atoms with Gasteiger partial charge in [0.25, 0.3) is 5.56 Å². The van der Waals surface area contributed by atoms with E-state index in [1.54, 1.807) is 6.92 Å². The van der Waals surface area contributed by atoms with Crippen molar-refractivity contribution in [1.82, 2.24) is 9.47 Å². The molecule has 1 saturated heterocycles. The average molecular weight is 347 g/mol. The summed E-state index contributed by atoms with van der Waals surface area (Å²) in [6.45, 7) is 2.36. The van der Waals surface area contributed by atoms with Crippen molar-refractivity contribution in [2.75, 3.05) is 6.54 Å². The van der Waals surface area contributed by atoms with Gasteiger partial charge in [0, 0.05) is 23.3 Å². The minimum Gasteiger partial charge on any atom is -0.508 e. The Hall–Kier alpha value is -2.27. The minimum atomic E-state index is -0.372. The largest absolute Gasteiger partial charge is 0.508 e. The molecule has 3 rings (SSSR count). The summed E-state index contributed by atoms with van der Waals surface area (Å²) < 4.78 is 1.39. The van der Waals surface area contributed by atoms with E-state index in [2.05, 4.69) is 0 Å². The average Bonchev–Trinajstić information content (AvgIpc) is 3.01. The van der Waals surface area contributed by atoms with E-state index in [4.69, 9.17) is 11.6 Å². The van der Waals surface area contributed by atoms with Gasteiger partial charge >= 0.3 is 0 Å². The van der Waals surface area contributed by atoms with Crippen molar-refractivity contribution in [1.29, 1.82) is 0 Å². The quantitative estimate of drug-likeness (QED) is 0.929. The highest BCUT2D eigenvalue weighted by atomic mass is 35.5. The fourth-order valence-corrected chi connectivity index (χ4v) is 3.36. The van der Waals surface area contributed by atoms with Gasteiger partial charge in [0.05, 0.1) is 6.04 Å². The number of halogens is 1. The van der Waals surface area contributed by atoms with Crippen LogP contribution in [0.3, 0.4) is 0 Å². The molecule has 24 heavy (non-hydrogen) atoms. The lowest BCUT2D eigenvalue weighted by atomic mass is 10.0. The van der Waals surface area contributed by atoms with E-state index in [1.807, 2.05) is 29.2 Å². The number of aromatic hydroxyl groups is 1. The van der Waals surface area contributed by atoms with Gasteiger partial charge in [0.15, 0.2) is 0 Å². The van der Waals surface area contributed by atoms with Crippen LogP contribution in [-0.4, -0.2) is 27.0 Å². The molecule has 0 unspecified atom stereocenters. The summed E-state index contributed by atoms with van der Waals surface area (Å²) in [4.78, 5) is 26.6. The second-order valence-corrected chi connectivity index (χ2v) is 6.51. The molecule has 0 saturated carbocycles. The monoisotopic (exact) mass is 346 g/mol. The number of hydrogen-bond donors (Lipinski definition) is 1. The Labute approximate surface area is 145 Å². The highest BCUT2D eigenvalue weighted by Gasteiger charge is 2.30. The van der Waals surface area contributed by atoms with Crippen molar-refractivity contribution >= 4 is 17.5 Å². The maximum absolute atomic E-state index is 12.7. The van der Waals surface area contributed by atoms with Crippen molar-refractivity contribution in [3.63, 3.8) is 0 Å². The topological polar surface area (TPSA) is 62.5 Å². The fourth-order valence-electron chi connectivity index (χ4n) is 3.24. The van der Waals surface area contributed by atoms with E-state index < -0.39 is 0 Å². The third-order valence-corrected chi connectivity index (χ3v) is 4.69. The zero-order valence-corrected chi connectivity index (χ0v) is 14.2. The summed E-state index contributed by atoms with van der Waals surface area (Å²) in [6, 6.07) is 10.2. The number of rotatable bonds is 3. The van der Waals surface area contributed by atoms with Crippen LogP contribution < -0.4 is 5.56 Å². The molecule has 1 N–H and O–H groups in total. The van der Waals surface area contributed by atoms with Gasteiger partial charge in [-0.1, -0.05) is 23.7 Å². The molecule has 5 nitrogen and oxygen atoms in total. The minimum absolute atomic E-state index is 0.0166. The number of hydrogen-bond acceptors (Lipinski definition) is 3. The van der Waals surface area contributed by atoms with E-state index in [9.17, 15) is 14.7 Å². The van der Waals surface area contributed by atoms with Crippen LogP contribution in [0.15, 0.2) is 41.2 Å². The highest BCUT2D eigenvalue weighted by molar-refractivity contribution is 6.30. The molecule has 1 atom stereocenters. The van der Waals surface area contributed by atoms with Crippen molar-refractivity contribution < 1.29 is 9.90 Å². The third kappa shape index (κ3) is 3.31. The van der Waals surface area contributed by atoms with E-state index in [0.717, 1.165) is 24.5 Å². The third-order valence-electron chi connectivity index (χ3n) is 4.44. The van der Waals surface area contributed by atoms with Gasteiger partial charge in [-0.3, -0.25) is 9.59 Å². The zero-order valence-electron chi connectivity index (χ0n) is 13.4. The second-order valence-electron chi connectivity index (χ2n) is 6.08. The van der Waals surface area contributed by atoms with E-state index in [0.29, 0.717) is 17.3 Å². The number of benzene rings is 1. The Balaban J connectivity index is 1.82. The first-order chi connectivity index (χ1) is 11.5. The molecule has 0 spiro atoms. The number of carbonyl (C=O) groups is 1. The van der Waals surface area contributed by atoms with E-state index >= 15 is 0 Å². The molecule has 126 valence electrons. The highest BCUT2D eigenvalue weighted by Crippen LogP contribution is 2.32. The van der Waals surface area contributed by atoms with Crippen LogP contribution in [0.5, 0.6) is 5.75 Å². The summed E-state index contributed by atoms with van der Waals surface area (Å²) in [5.74, 6) is -0.176. The van der Waals surface area contributed by atoms with Crippen LogP contribution in [0.1, 0.15) is 30.1 Å². The number of nitrogens with zero attached hydrogens (tertiary/aromatic N) is 2. The first kappa shape index (κ1) is 16.6. The maximum Gasteiger partial charge on any atom is 0.254 e. The van der Waals surface area contributed by atoms with Gasteiger partial charge in [-0.25, -0.2) is 0 Å². The number of carbonyl (C=O) groups excluding carboxylic acids is 1. The van der Waals surface area contributed by atoms with Crippen LogP contribution >= 0.6 is 11.6 Å². The molecule has 1 aliphatic heterocycles. The molecule has 1 aliphatic rings. The smallest absolute Gasteiger partial charge is 0.254 e. The van der Waals surface area contributed by atoms with Gasteiger partial charge in [-0.15, -0.1) is 0 Å². The van der Waals surface area contributed by atoms with Crippen molar-refractivity contribution in [3.05, 3.63) is 63.0 Å². The lowest BCUT2D eigenvalue weighted by Gasteiger charge is -2.26. The predicted molar refractivity (Wildman–Crippen MR) is 92.2 cm³/mol. The molecule has 0 bridgehead atoms. The first-order valence-electron chi connectivity index (χ1n) is 7.91. The SMILES string of the molecule is Cc1cc(O)cc(=O)n1CC(=O)N1CCC[C@@H]1c1ccc(Cl)cc1. The van der Waals surface area contributed by atoms with E-state index in [1.165, 1.54) is 10.6 Å². The summed E-state index contributed by atoms with van der Waals surface area (Å²) in [7, 11) is 0. The van der Waals surface area contributed by atoms with Crippen molar-refractivity contribution in [3.8, 4) is 5.75 Å². The Morgan fingerprint density at radius 1 is 1.29 bits per heavy atom. The maximum atomic E-state index is 12.7. The summed E-state index contributed by atoms with van der Waals surface area (Å²) in [5.41, 5.74) is 1.25. The Bertz CT molecular complexity index is 814. The fraction of sp³-hybridized carbons (Fsp3) is 0.333. The van der Waals surface area contributed by atoms with Gasteiger partial charge in [-0.2, -0.15) is 0 Å². The number of likely N-dealkylation sites (tertiary alicyclic amines) is 1. The number of amides is 1. The van der Waals surface area contributed by atoms with Crippen molar-refractivity contribution in [2.45, 2.75) is 32.4 Å². The molecule has 0 radical (unpaired) electrons. The Kier molecular flexibility index (Phi) is 4.62. The first-order valence-corrected chi connectivity index (χ1v) is 8.29. The lowest BCUT2D eigenvalue weighted by Crippen LogP contribution is -2.36. The number of aromatic nitrogens is 1. The molecule has 1 aromatic heterocycles. The standard InChI is InChI=1S/C18H19ClN2O3/c1-12-9-15(22)10-17(23)21(12)11-18(24)20-8-2-3-16(20)13-4-6-14(19)7-5-13/h4-7,9-10,16,22H,2-3,8,11H2,1H3/t16-/m1/s1. The molecule has 1 aromatic carbocycles.